The smallest absolute Gasteiger partial charge is 0.218 e. The second-order valence-electron chi connectivity index (χ2n) is 3.91. The van der Waals surface area contributed by atoms with Gasteiger partial charge in [0.2, 0.25) is 5.88 Å². The van der Waals surface area contributed by atoms with Crippen LogP contribution in [-0.4, -0.2) is 23.2 Å². The Bertz CT molecular complexity index is 517. The number of rotatable bonds is 6. The van der Waals surface area contributed by atoms with Gasteiger partial charge < -0.3 is 15.2 Å². The molecule has 0 unspecified atom stereocenters. The largest absolute Gasteiger partial charge is 0.490 e. The van der Waals surface area contributed by atoms with E-state index in [-0.39, 0.29) is 0 Å². The van der Waals surface area contributed by atoms with Crippen LogP contribution < -0.4 is 15.2 Å². The van der Waals surface area contributed by atoms with Gasteiger partial charge in [0.1, 0.15) is 30.6 Å². The summed E-state index contributed by atoms with van der Waals surface area (Å²) in [5, 5.41) is 0. The van der Waals surface area contributed by atoms with Gasteiger partial charge in [0.05, 0.1) is 0 Å². The minimum absolute atomic E-state index is 0.411. The Kier molecular flexibility index (Phi) is 4.55. The molecule has 0 aliphatic rings. The molecule has 0 aliphatic heterocycles. The van der Waals surface area contributed by atoms with Gasteiger partial charge in [-0.05, 0) is 12.1 Å². The van der Waals surface area contributed by atoms with E-state index in [0.717, 1.165) is 12.2 Å². The van der Waals surface area contributed by atoms with E-state index in [1.165, 1.54) is 0 Å². The van der Waals surface area contributed by atoms with Gasteiger partial charge in [0, 0.05) is 12.5 Å². The van der Waals surface area contributed by atoms with Crippen LogP contribution in [0.15, 0.2) is 36.4 Å². The third kappa shape index (κ3) is 4.13. The molecular formula is C14H17N3O2. The molecule has 100 valence electrons. The molecule has 1 heterocycles. The second-order valence-corrected chi connectivity index (χ2v) is 3.91. The average Bonchev–Trinajstić information content (AvgIpc) is 2.44. The lowest BCUT2D eigenvalue weighted by Crippen LogP contribution is -2.11. The maximum absolute atomic E-state index is 5.67. The molecule has 0 fully saturated rings. The van der Waals surface area contributed by atoms with Crippen molar-refractivity contribution in [1.82, 2.24) is 9.97 Å². The van der Waals surface area contributed by atoms with Crippen LogP contribution >= 0.6 is 0 Å². The average molecular weight is 259 g/mol. The number of nitrogens with two attached hydrogens (primary N) is 1. The molecule has 0 spiro atoms. The van der Waals surface area contributed by atoms with E-state index in [2.05, 4.69) is 9.97 Å². The summed E-state index contributed by atoms with van der Waals surface area (Å²) in [4.78, 5) is 8.31. The number of hydrogen-bond donors (Lipinski definition) is 1. The van der Waals surface area contributed by atoms with Crippen LogP contribution in [0.3, 0.4) is 0 Å². The van der Waals surface area contributed by atoms with Crippen LogP contribution in [-0.2, 0) is 6.42 Å². The SMILES string of the molecule is CCc1nc(N)cc(OCCOc2ccccc2)n1. The zero-order valence-corrected chi connectivity index (χ0v) is 10.9. The molecule has 1 aromatic heterocycles. The molecule has 0 radical (unpaired) electrons. The van der Waals surface area contributed by atoms with Gasteiger partial charge in [-0.25, -0.2) is 4.98 Å². The number of ether oxygens (including phenoxy) is 2. The summed E-state index contributed by atoms with van der Waals surface area (Å²) in [5.74, 6) is 2.41. The highest BCUT2D eigenvalue weighted by atomic mass is 16.5. The van der Waals surface area contributed by atoms with Gasteiger partial charge in [-0.1, -0.05) is 25.1 Å². The fourth-order valence-corrected chi connectivity index (χ4v) is 1.55. The normalized spacial score (nSPS) is 10.2. The van der Waals surface area contributed by atoms with E-state index in [9.17, 15) is 0 Å². The zero-order chi connectivity index (χ0) is 13.5. The fourth-order valence-electron chi connectivity index (χ4n) is 1.55. The molecule has 0 saturated carbocycles. The summed E-state index contributed by atoms with van der Waals surface area (Å²) in [7, 11) is 0. The maximum atomic E-state index is 5.67. The lowest BCUT2D eigenvalue weighted by atomic mass is 10.3. The topological polar surface area (TPSA) is 70.3 Å². The van der Waals surface area contributed by atoms with Crippen LogP contribution in [0, 0.1) is 0 Å². The van der Waals surface area contributed by atoms with E-state index < -0.39 is 0 Å². The van der Waals surface area contributed by atoms with Gasteiger partial charge >= 0.3 is 0 Å². The summed E-state index contributed by atoms with van der Waals surface area (Å²) < 4.78 is 11.0. The number of nitrogens with zero attached hydrogens (tertiary/aromatic N) is 2. The fraction of sp³-hybridized carbons (Fsp3) is 0.286. The molecule has 0 atom stereocenters. The molecule has 2 N–H and O–H groups in total. The third-order valence-corrected chi connectivity index (χ3v) is 2.43. The van der Waals surface area contributed by atoms with Crippen molar-refractivity contribution in [3.8, 4) is 11.6 Å². The Labute approximate surface area is 112 Å². The van der Waals surface area contributed by atoms with Gasteiger partial charge in [-0.15, -0.1) is 0 Å². The summed E-state index contributed by atoms with van der Waals surface area (Å²) in [6, 6.07) is 11.2. The number of nitrogen functional groups attached to an aromatic ring is 1. The Morgan fingerprint density at radius 3 is 2.53 bits per heavy atom. The molecule has 19 heavy (non-hydrogen) atoms. The van der Waals surface area contributed by atoms with E-state index in [4.69, 9.17) is 15.2 Å². The second kappa shape index (κ2) is 6.58. The van der Waals surface area contributed by atoms with Crippen molar-refractivity contribution < 1.29 is 9.47 Å². The molecule has 2 aromatic rings. The van der Waals surface area contributed by atoms with E-state index in [1.807, 2.05) is 37.3 Å². The summed E-state index contributed by atoms with van der Waals surface area (Å²) >= 11 is 0. The summed E-state index contributed by atoms with van der Waals surface area (Å²) in [6.45, 7) is 2.83. The quantitative estimate of drug-likeness (QED) is 0.804. The van der Waals surface area contributed by atoms with Gasteiger partial charge in [0.25, 0.3) is 0 Å². The molecular weight excluding hydrogens is 242 g/mol. The molecule has 5 nitrogen and oxygen atoms in total. The van der Waals surface area contributed by atoms with Crippen molar-refractivity contribution >= 4 is 5.82 Å². The molecule has 5 heteroatoms. The number of aromatic nitrogens is 2. The molecule has 2 rings (SSSR count). The van der Waals surface area contributed by atoms with Gasteiger partial charge in [-0.3, -0.25) is 0 Å². The summed E-state index contributed by atoms with van der Waals surface area (Å²) in [6.07, 6.45) is 0.724. The minimum atomic E-state index is 0.411. The van der Waals surface area contributed by atoms with Crippen molar-refractivity contribution in [1.29, 1.82) is 0 Å². The number of benzene rings is 1. The van der Waals surface area contributed by atoms with Gasteiger partial charge in [-0.2, -0.15) is 4.98 Å². The Balaban J connectivity index is 1.81. The first-order valence-electron chi connectivity index (χ1n) is 6.22. The third-order valence-electron chi connectivity index (χ3n) is 2.43. The number of aryl methyl sites for hydroxylation is 1. The highest BCUT2D eigenvalue weighted by molar-refractivity contribution is 5.32. The van der Waals surface area contributed by atoms with Crippen molar-refractivity contribution in [3.05, 3.63) is 42.2 Å². The number of anilines is 1. The standard InChI is InChI=1S/C14H17N3O2/c1-2-13-16-12(15)10-14(17-13)19-9-8-18-11-6-4-3-5-7-11/h3-7,10H,2,8-9H2,1H3,(H2,15,16,17). The molecule has 0 aliphatic carbocycles. The lowest BCUT2D eigenvalue weighted by molar-refractivity contribution is 0.211. The van der Waals surface area contributed by atoms with Crippen LogP contribution in [0.25, 0.3) is 0 Å². The van der Waals surface area contributed by atoms with Crippen molar-refractivity contribution in [2.24, 2.45) is 0 Å². The van der Waals surface area contributed by atoms with Crippen LogP contribution in [0.5, 0.6) is 11.6 Å². The van der Waals surface area contributed by atoms with Crippen LogP contribution in [0.1, 0.15) is 12.7 Å². The monoisotopic (exact) mass is 259 g/mol. The van der Waals surface area contributed by atoms with Crippen LogP contribution in [0.2, 0.25) is 0 Å². The van der Waals surface area contributed by atoms with Crippen molar-refractivity contribution in [3.63, 3.8) is 0 Å². The predicted octanol–water partition coefficient (Wildman–Crippen LogP) is 2.08. The predicted molar refractivity (Wildman–Crippen MR) is 73.3 cm³/mol. The first-order valence-corrected chi connectivity index (χ1v) is 6.22. The Morgan fingerprint density at radius 2 is 1.79 bits per heavy atom. The highest BCUT2D eigenvalue weighted by Gasteiger charge is 2.02. The van der Waals surface area contributed by atoms with E-state index >= 15 is 0 Å². The molecule has 0 bridgehead atoms. The number of hydrogen-bond acceptors (Lipinski definition) is 5. The minimum Gasteiger partial charge on any atom is -0.490 e. The lowest BCUT2D eigenvalue weighted by Gasteiger charge is -2.08. The molecule has 0 saturated heterocycles. The Hall–Kier alpha value is -2.30. The van der Waals surface area contributed by atoms with E-state index in [1.54, 1.807) is 6.07 Å². The number of para-hydroxylation sites is 1. The highest BCUT2D eigenvalue weighted by Crippen LogP contribution is 2.12. The first kappa shape index (κ1) is 13.1. The van der Waals surface area contributed by atoms with E-state index in [0.29, 0.717) is 30.7 Å². The Morgan fingerprint density at radius 1 is 1.05 bits per heavy atom. The zero-order valence-electron chi connectivity index (χ0n) is 10.9. The van der Waals surface area contributed by atoms with Crippen molar-refractivity contribution in [2.45, 2.75) is 13.3 Å². The van der Waals surface area contributed by atoms with Crippen molar-refractivity contribution in [2.75, 3.05) is 18.9 Å². The molecule has 1 aromatic carbocycles. The summed E-state index contributed by atoms with van der Waals surface area (Å²) in [5.41, 5.74) is 5.67. The molecule has 0 amide bonds. The first-order chi connectivity index (χ1) is 9.28. The van der Waals surface area contributed by atoms with Gasteiger partial charge in [0.15, 0.2) is 0 Å². The van der Waals surface area contributed by atoms with Crippen LogP contribution in [0.4, 0.5) is 5.82 Å². The maximum Gasteiger partial charge on any atom is 0.218 e.